The molecule has 0 spiro atoms. The van der Waals surface area contributed by atoms with E-state index in [-0.39, 0.29) is 20.7 Å². The lowest BCUT2D eigenvalue weighted by molar-refractivity contribution is 0.103. The Morgan fingerprint density at radius 2 is 1.74 bits per heavy atom. The van der Waals surface area contributed by atoms with Crippen molar-refractivity contribution in [2.45, 2.75) is 38.0 Å². The Hall–Kier alpha value is -2.89. The van der Waals surface area contributed by atoms with Gasteiger partial charge in [0.2, 0.25) is 15.8 Å². The molecule has 0 saturated heterocycles. The fraction of sp³-hybridized carbons (Fsp3) is 0.304. The highest BCUT2D eigenvalue weighted by Gasteiger charge is 2.24. The number of carbonyl (C=O) groups excluding carboxylic acids is 1. The lowest BCUT2D eigenvalue weighted by Gasteiger charge is -2.09. The normalized spacial score (nSPS) is 11.7. The molecule has 0 saturated carbocycles. The van der Waals surface area contributed by atoms with Gasteiger partial charge in [0.15, 0.2) is 5.13 Å². The Labute approximate surface area is 201 Å². The molecule has 0 atom stereocenters. The molecule has 0 amide bonds. The Bertz CT molecular complexity index is 1240. The Morgan fingerprint density at radius 3 is 2.35 bits per heavy atom. The quantitative estimate of drug-likeness (QED) is 0.246. The number of nitrogens with one attached hydrogen (secondary N) is 2. The third-order valence-electron chi connectivity index (χ3n) is 4.97. The molecule has 182 valence electrons. The number of rotatable bonds is 11. The van der Waals surface area contributed by atoms with E-state index in [0.29, 0.717) is 18.2 Å². The van der Waals surface area contributed by atoms with Crippen LogP contribution in [0.15, 0.2) is 47.4 Å². The van der Waals surface area contributed by atoms with E-state index in [2.05, 4.69) is 28.9 Å². The first kappa shape index (κ1) is 25.7. The van der Waals surface area contributed by atoms with Crippen molar-refractivity contribution in [2.24, 2.45) is 5.92 Å². The van der Waals surface area contributed by atoms with Crippen molar-refractivity contribution in [2.75, 3.05) is 17.6 Å². The maximum atomic E-state index is 14.0. The van der Waals surface area contributed by atoms with Crippen molar-refractivity contribution < 1.29 is 22.0 Å². The van der Waals surface area contributed by atoms with Crippen molar-refractivity contribution in [3.8, 4) is 0 Å². The Kier molecular flexibility index (Phi) is 8.34. The van der Waals surface area contributed by atoms with E-state index >= 15 is 0 Å². The largest absolute Gasteiger partial charge is 0.382 e. The molecule has 0 aliphatic carbocycles. The highest BCUT2D eigenvalue weighted by atomic mass is 32.2. The highest BCUT2D eigenvalue weighted by Crippen LogP contribution is 2.31. The molecule has 1 aromatic heterocycles. The van der Waals surface area contributed by atoms with Gasteiger partial charge in [0, 0.05) is 12.2 Å². The number of hydrogen-bond donors (Lipinski definition) is 3. The lowest BCUT2D eigenvalue weighted by atomic mass is 10.1. The van der Waals surface area contributed by atoms with Crippen LogP contribution in [0.5, 0.6) is 0 Å². The van der Waals surface area contributed by atoms with Gasteiger partial charge >= 0.3 is 0 Å². The minimum Gasteiger partial charge on any atom is -0.382 e. The monoisotopic (exact) mass is 508 g/mol. The molecule has 0 radical (unpaired) electrons. The van der Waals surface area contributed by atoms with E-state index in [9.17, 15) is 22.0 Å². The molecule has 3 aromatic rings. The summed E-state index contributed by atoms with van der Waals surface area (Å²) in [6, 6.07) is 9.11. The molecule has 4 N–H and O–H groups in total. The number of aromatic nitrogens is 1. The molecular formula is C23H26F2N4O3S2. The molecule has 2 aromatic carbocycles. The summed E-state index contributed by atoms with van der Waals surface area (Å²) >= 11 is 0.841. The molecule has 7 nitrogen and oxygen atoms in total. The van der Waals surface area contributed by atoms with Crippen LogP contribution in [-0.4, -0.2) is 25.7 Å². The van der Waals surface area contributed by atoms with E-state index in [0.717, 1.165) is 48.8 Å². The second-order valence-corrected chi connectivity index (χ2v) is 10.9. The van der Waals surface area contributed by atoms with Crippen LogP contribution in [0.2, 0.25) is 0 Å². The number of halogens is 2. The number of nitrogens with two attached hydrogens (primary N) is 1. The van der Waals surface area contributed by atoms with Gasteiger partial charge in [-0.25, -0.2) is 26.9 Å². The smallest absolute Gasteiger partial charge is 0.240 e. The van der Waals surface area contributed by atoms with E-state index in [1.54, 1.807) is 12.1 Å². The molecule has 3 rings (SSSR count). The van der Waals surface area contributed by atoms with Gasteiger partial charge in [-0.3, -0.25) is 4.79 Å². The molecule has 34 heavy (non-hydrogen) atoms. The van der Waals surface area contributed by atoms with E-state index in [1.165, 1.54) is 12.1 Å². The first-order chi connectivity index (χ1) is 16.1. The van der Waals surface area contributed by atoms with Gasteiger partial charge < -0.3 is 11.1 Å². The fourth-order valence-electron chi connectivity index (χ4n) is 3.18. The van der Waals surface area contributed by atoms with Gasteiger partial charge in [0.05, 0.1) is 10.5 Å². The van der Waals surface area contributed by atoms with Crippen LogP contribution in [0.25, 0.3) is 0 Å². The van der Waals surface area contributed by atoms with Gasteiger partial charge in [-0.05, 0) is 48.7 Å². The van der Waals surface area contributed by atoms with Crippen LogP contribution in [0.4, 0.5) is 25.4 Å². The predicted molar refractivity (Wildman–Crippen MR) is 130 cm³/mol. The first-order valence-corrected chi connectivity index (χ1v) is 13.0. The van der Waals surface area contributed by atoms with Crippen molar-refractivity contribution >= 4 is 43.8 Å². The molecule has 0 fully saturated rings. The number of nitrogens with zero attached hydrogens (tertiary/aromatic N) is 1. The van der Waals surface area contributed by atoms with Crippen molar-refractivity contribution in [1.82, 2.24) is 9.71 Å². The maximum absolute atomic E-state index is 14.0. The fourth-order valence-corrected chi connectivity index (χ4v) is 5.11. The number of hydrogen-bond acceptors (Lipinski definition) is 7. The summed E-state index contributed by atoms with van der Waals surface area (Å²) in [5.74, 6) is -2.46. The maximum Gasteiger partial charge on any atom is 0.240 e. The molecule has 0 aliphatic heterocycles. The number of carbonyl (C=O) groups is 1. The summed E-state index contributed by atoms with van der Waals surface area (Å²) in [7, 11) is -3.63. The first-order valence-electron chi connectivity index (χ1n) is 10.7. The van der Waals surface area contributed by atoms with E-state index in [1.807, 2.05) is 0 Å². The number of anilines is 3. The third-order valence-corrected chi connectivity index (χ3v) is 7.43. The summed E-state index contributed by atoms with van der Waals surface area (Å²) < 4.78 is 55.4. The van der Waals surface area contributed by atoms with Crippen molar-refractivity contribution in [3.05, 3.63) is 64.5 Å². The Balaban J connectivity index is 1.66. The zero-order chi connectivity index (χ0) is 24.9. The summed E-state index contributed by atoms with van der Waals surface area (Å²) in [6.45, 7) is 4.62. The summed E-state index contributed by atoms with van der Waals surface area (Å²) in [5.41, 5.74) is 5.61. The molecular weight excluding hydrogens is 482 g/mol. The summed E-state index contributed by atoms with van der Waals surface area (Å²) in [6.07, 6.45) is 2.76. The number of nitrogen functional groups attached to an aromatic ring is 1. The average molecular weight is 509 g/mol. The molecule has 11 heteroatoms. The van der Waals surface area contributed by atoms with Gasteiger partial charge in [0.25, 0.3) is 0 Å². The SMILES string of the molecule is CC(C)CCCCNS(=O)(=O)c1ccc(Nc2nc(N)c(C(=O)c3c(F)cccc3F)s2)cc1. The number of unbranched alkanes of at least 4 members (excludes halogenated alkanes) is 1. The van der Waals surface area contributed by atoms with Gasteiger partial charge in [-0.15, -0.1) is 0 Å². The average Bonchev–Trinajstić information content (AvgIpc) is 3.13. The molecule has 0 aliphatic rings. The second-order valence-electron chi connectivity index (χ2n) is 8.10. The topological polar surface area (TPSA) is 114 Å². The number of sulfonamides is 1. The van der Waals surface area contributed by atoms with Crippen molar-refractivity contribution in [3.63, 3.8) is 0 Å². The second kappa shape index (κ2) is 11.0. The van der Waals surface area contributed by atoms with E-state index in [4.69, 9.17) is 5.73 Å². The number of thiazole rings is 1. The highest BCUT2D eigenvalue weighted by molar-refractivity contribution is 7.89. The number of ketones is 1. The number of benzene rings is 2. The lowest BCUT2D eigenvalue weighted by Crippen LogP contribution is -2.24. The van der Waals surface area contributed by atoms with Crippen LogP contribution in [0.1, 0.15) is 48.3 Å². The van der Waals surface area contributed by atoms with Gasteiger partial charge in [-0.2, -0.15) is 0 Å². The summed E-state index contributed by atoms with van der Waals surface area (Å²) in [5, 5.41) is 3.14. The van der Waals surface area contributed by atoms with Crippen LogP contribution in [-0.2, 0) is 10.0 Å². The molecule has 0 bridgehead atoms. The minimum atomic E-state index is -3.63. The predicted octanol–water partition coefficient (Wildman–Crippen LogP) is 5.08. The zero-order valence-electron chi connectivity index (χ0n) is 18.8. The van der Waals surface area contributed by atoms with E-state index < -0.39 is 33.0 Å². The molecule has 0 unspecified atom stereocenters. The third kappa shape index (κ3) is 6.37. The van der Waals surface area contributed by atoms with Crippen LogP contribution in [0, 0.1) is 17.6 Å². The van der Waals surface area contributed by atoms with Crippen LogP contribution >= 0.6 is 11.3 Å². The molecule has 1 heterocycles. The summed E-state index contributed by atoms with van der Waals surface area (Å²) in [4.78, 5) is 16.7. The van der Waals surface area contributed by atoms with Gasteiger partial charge in [-0.1, -0.05) is 44.1 Å². The zero-order valence-corrected chi connectivity index (χ0v) is 20.4. The standard InChI is InChI=1S/C23H26F2N4O3S2/c1-14(2)6-3-4-13-27-34(31,32)16-11-9-15(10-12-16)28-23-29-22(26)21(33-23)20(30)19-17(24)7-5-8-18(19)25/h5,7-12,14,27H,3-4,6,13,26H2,1-2H3,(H,28,29). The minimum absolute atomic E-state index is 0.104. The van der Waals surface area contributed by atoms with Gasteiger partial charge in [0.1, 0.15) is 22.3 Å². The van der Waals surface area contributed by atoms with Crippen LogP contribution < -0.4 is 15.8 Å². The Morgan fingerprint density at radius 1 is 1.09 bits per heavy atom. The van der Waals surface area contributed by atoms with Crippen LogP contribution in [0.3, 0.4) is 0 Å². The van der Waals surface area contributed by atoms with Crippen molar-refractivity contribution in [1.29, 1.82) is 0 Å².